The lowest BCUT2D eigenvalue weighted by Gasteiger charge is -2.45. The van der Waals surface area contributed by atoms with E-state index in [0.717, 1.165) is 62.1 Å². The molecule has 0 radical (unpaired) electrons. The Balaban J connectivity index is 1.25. The lowest BCUT2D eigenvalue weighted by molar-refractivity contribution is 0.399. The average Bonchev–Trinajstić information content (AvgIpc) is 3.50. The normalized spacial score (nSPS) is 15.8. The van der Waals surface area contributed by atoms with Crippen LogP contribution in [0.1, 0.15) is 22.3 Å². The van der Waals surface area contributed by atoms with E-state index >= 15 is 0 Å². The highest BCUT2D eigenvalue weighted by atomic mass is 32.1. The molecular weight excluding hydrogens is 585 g/mol. The minimum Gasteiger partial charge on any atom is -0.457 e. The second kappa shape index (κ2) is 9.61. The van der Waals surface area contributed by atoms with E-state index in [9.17, 15) is 0 Å². The Bertz CT molecular complexity index is 2490. The van der Waals surface area contributed by atoms with Gasteiger partial charge in [-0.05, 0) is 59.7 Å². The van der Waals surface area contributed by atoms with Gasteiger partial charge in [-0.2, -0.15) is 0 Å². The molecule has 1 atom stereocenters. The summed E-state index contributed by atoms with van der Waals surface area (Å²) in [5.74, 6) is 3.33. The van der Waals surface area contributed by atoms with Gasteiger partial charge in [-0.25, -0.2) is 0 Å². The van der Waals surface area contributed by atoms with Crippen LogP contribution in [0.15, 0.2) is 146 Å². The first-order chi connectivity index (χ1) is 22.8. The fraction of sp³-hybridized carbons (Fsp3) is 0.0244. The molecule has 0 saturated heterocycles. The second-order valence-corrected chi connectivity index (χ2v) is 12.8. The molecule has 5 aromatic carbocycles. The van der Waals surface area contributed by atoms with Crippen molar-refractivity contribution < 1.29 is 9.47 Å². The third-order valence-electron chi connectivity index (χ3n) is 9.36. The Morgan fingerprint density at radius 3 is 1.93 bits per heavy atom. The van der Waals surface area contributed by atoms with Crippen molar-refractivity contribution in [3.63, 3.8) is 0 Å². The highest BCUT2D eigenvalue weighted by Gasteiger charge is 2.50. The maximum absolute atomic E-state index is 6.81. The number of hydrogen-bond acceptors (Lipinski definition) is 5. The maximum atomic E-state index is 6.81. The van der Waals surface area contributed by atoms with Gasteiger partial charge in [0.25, 0.3) is 0 Å². The molecule has 4 nitrogen and oxygen atoms in total. The molecule has 0 amide bonds. The summed E-state index contributed by atoms with van der Waals surface area (Å²) in [6.45, 7) is 0. The molecule has 0 N–H and O–H groups in total. The number of pyridine rings is 2. The first-order valence-electron chi connectivity index (χ1n) is 15.3. The SMILES string of the molecule is c1ccc(-c2ccc3c(c2)Oc2ccccc2C32c3ccccc3Oc3cc(-c4cccc5sc6cnccc6c45)ccc32)nc1. The minimum absolute atomic E-state index is 0.651. The third kappa shape index (κ3) is 3.49. The van der Waals surface area contributed by atoms with E-state index in [-0.39, 0.29) is 0 Å². The molecule has 2 aliphatic rings. The zero-order chi connectivity index (χ0) is 30.2. The van der Waals surface area contributed by atoms with Crippen molar-refractivity contribution in [2.75, 3.05) is 0 Å². The van der Waals surface area contributed by atoms with Crippen molar-refractivity contribution in [2.24, 2.45) is 0 Å². The van der Waals surface area contributed by atoms with Crippen LogP contribution in [-0.2, 0) is 5.41 Å². The van der Waals surface area contributed by atoms with E-state index in [1.807, 2.05) is 48.9 Å². The van der Waals surface area contributed by atoms with Crippen LogP contribution in [-0.4, -0.2) is 9.97 Å². The van der Waals surface area contributed by atoms with Gasteiger partial charge < -0.3 is 9.47 Å². The first kappa shape index (κ1) is 25.5. The third-order valence-corrected chi connectivity index (χ3v) is 10.5. The molecule has 216 valence electrons. The average molecular weight is 609 g/mol. The molecule has 8 aromatic rings. The Hall–Kier alpha value is -5.78. The van der Waals surface area contributed by atoms with Crippen molar-refractivity contribution in [2.45, 2.75) is 5.41 Å². The van der Waals surface area contributed by atoms with Crippen molar-refractivity contribution >= 4 is 31.5 Å². The Kier molecular flexibility index (Phi) is 5.33. The molecule has 0 bridgehead atoms. The number of aromatic nitrogens is 2. The standard InChI is InChI=1S/C41H24N2O2S/c1-3-12-34-29(9-1)41(30-10-2-4-13-35(30)45-37-23-26(16-18-32(37)41)33-11-5-6-20-43-33)31-17-15-25(22-36(31)44-34)27-8-7-14-38-40(27)28-19-21-42-24-39(28)46-38/h1-24H. The van der Waals surface area contributed by atoms with Gasteiger partial charge in [-0.3, -0.25) is 9.97 Å². The van der Waals surface area contributed by atoms with Crippen LogP contribution in [0.3, 0.4) is 0 Å². The van der Waals surface area contributed by atoms with Gasteiger partial charge >= 0.3 is 0 Å². The van der Waals surface area contributed by atoms with Crippen molar-refractivity contribution in [1.29, 1.82) is 0 Å². The molecule has 0 aliphatic carbocycles. The van der Waals surface area contributed by atoms with Crippen LogP contribution in [0.25, 0.3) is 42.6 Å². The number of ether oxygens (including phenoxy) is 2. The number of hydrogen-bond donors (Lipinski definition) is 0. The Morgan fingerprint density at radius 1 is 0.522 bits per heavy atom. The predicted molar refractivity (Wildman–Crippen MR) is 184 cm³/mol. The molecule has 0 fully saturated rings. The van der Waals surface area contributed by atoms with Crippen LogP contribution >= 0.6 is 11.3 Å². The van der Waals surface area contributed by atoms with Gasteiger partial charge in [0.2, 0.25) is 0 Å². The van der Waals surface area contributed by atoms with E-state index < -0.39 is 5.41 Å². The molecule has 0 saturated carbocycles. The fourth-order valence-electron chi connectivity index (χ4n) is 7.45. The van der Waals surface area contributed by atoms with Crippen LogP contribution in [0.4, 0.5) is 0 Å². The van der Waals surface area contributed by atoms with Gasteiger partial charge in [0, 0.05) is 61.9 Å². The topological polar surface area (TPSA) is 44.2 Å². The number of para-hydroxylation sites is 2. The van der Waals surface area contributed by atoms with Gasteiger partial charge in [0.15, 0.2) is 0 Å². The summed E-state index contributed by atoms with van der Waals surface area (Å²) in [5.41, 5.74) is 7.91. The minimum atomic E-state index is -0.651. The number of benzene rings is 5. The smallest absolute Gasteiger partial charge is 0.132 e. The van der Waals surface area contributed by atoms with Crippen LogP contribution in [0, 0.1) is 0 Å². The molecule has 1 spiro atoms. The largest absolute Gasteiger partial charge is 0.457 e. The van der Waals surface area contributed by atoms with Gasteiger partial charge in [0.1, 0.15) is 23.0 Å². The molecule has 1 unspecified atom stereocenters. The fourth-order valence-corrected chi connectivity index (χ4v) is 8.55. The predicted octanol–water partition coefficient (Wildman–Crippen LogP) is 10.8. The van der Waals surface area contributed by atoms with Crippen LogP contribution in [0.2, 0.25) is 0 Å². The molecule has 2 aliphatic heterocycles. The maximum Gasteiger partial charge on any atom is 0.132 e. The Labute approximate surface area is 269 Å². The summed E-state index contributed by atoms with van der Waals surface area (Å²) in [5, 5.41) is 2.47. The highest BCUT2D eigenvalue weighted by molar-refractivity contribution is 7.25. The van der Waals surface area contributed by atoms with Crippen molar-refractivity contribution in [3.8, 4) is 45.4 Å². The van der Waals surface area contributed by atoms with Crippen LogP contribution in [0.5, 0.6) is 23.0 Å². The molecule has 3 aromatic heterocycles. The lowest BCUT2D eigenvalue weighted by atomic mass is 9.62. The quantitative estimate of drug-likeness (QED) is 0.196. The zero-order valence-electron chi connectivity index (χ0n) is 24.5. The zero-order valence-corrected chi connectivity index (χ0v) is 25.3. The molecule has 10 rings (SSSR count). The van der Waals surface area contributed by atoms with E-state index in [1.54, 1.807) is 11.3 Å². The number of nitrogens with zero attached hydrogens (tertiary/aromatic N) is 2. The molecule has 5 heterocycles. The Morgan fingerprint density at radius 2 is 1.20 bits per heavy atom. The molecular formula is C41H24N2O2S. The summed E-state index contributed by atoms with van der Waals surface area (Å²) < 4.78 is 15.9. The monoisotopic (exact) mass is 608 g/mol. The molecule has 46 heavy (non-hydrogen) atoms. The summed E-state index contributed by atoms with van der Waals surface area (Å²) in [6, 6.07) is 44.7. The van der Waals surface area contributed by atoms with E-state index in [0.29, 0.717) is 0 Å². The molecule has 5 heteroatoms. The first-order valence-corrected chi connectivity index (χ1v) is 16.1. The number of fused-ring (bicyclic) bond motifs is 11. The number of rotatable bonds is 2. The van der Waals surface area contributed by atoms with Gasteiger partial charge in [0.05, 0.1) is 15.8 Å². The van der Waals surface area contributed by atoms with E-state index in [4.69, 9.17) is 9.47 Å². The van der Waals surface area contributed by atoms with Crippen molar-refractivity contribution in [1.82, 2.24) is 9.97 Å². The lowest BCUT2D eigenvalue weighted by Crippen LogP contribution is -2.36. The van der Waals surface area contributed by atoms with Crippen molar-refractivity contribution in [3.05, 3.63) is 168 Å². The summed E-state index contributed by atoms with van der Waals surface area (Å²) in [4.78, 5) is 8.99. The van der Waals surface area contributed by atoms with E-state index in [2.05, 4.69) is 107 Å². The second-order valence-electron chi connectivity index (χ2n) is 11.7. The summed E-state index contributed by atoms with van der Waals surface area (Å²) in [6.07, 6.45) is 5.66. The highest BCUT2D eigenvalue weighted by Crippen LogP contribution is 2.62. The van der Waals surface area contributed by atoms with Crippen LogP contribution < -0.4 is 9.47 Å². The van der Waals surface area contributed by atoms with Gasteiger partial charge in [-0.1, -0.05) is 78.9 Å². The summed E-state index contributed by atoms with van der Waals surface area (Å²) >= 11 is 1.78. The summed E-state index contributed by atoms with van der Waals surface area (Å²) in [7, 11) is 0. The number of thiophene rings is 1. The van der Waals surface area contributed by atoms with Gasteiger partial charge in [-0.15, -0.1) is 11.3 Å². The van der Waals surface area contributed by atoms with E-state index in [1.165, 1.54) is 25.7 Å².